The van der Waals surface area contributed by atoms with Crippen LogP contribution in [-0.4, -0.2) is 25.0 Å². The van der Waals surface area contributed by atoms with E-state index in [0.29, 0.717) is 11.2 Å². The predicted octanol–water partition coefficient (Wildman–Crippen LogP) is 0.812. The van der Waals surface area contributed by atoms with Crippen LogP contribution in [0.25, 0.3) is 16.9 Å². The second-order valence-corrected chi connectivity index (χ2v) is 3.76. The lowest BCUT2D eigenvalue weighted by Crippen LogP contribution is -2.10. The van der Waals surface area contributed by atoms with Crippen molar-refractivity contribution in [2.75, 3.05) is 0 Å². The molecule has 1 N–H and O–H groups in total. The van der Waals surface area contributed by atoms with Crippen LogP contribution in [0.3, 0.4) is 0 Å². The van der Waals surface area contributed by atoms with Gasteiger partial charge in [-0.25, -0.2) is 10.1 Å². The quantitative estimate of drug-likeness (QED) is 0.667. The maximum absolute atomic E-state index is 11.4. The molecule has 0 aliphatic heterocycles. The van der Waals surface area contributed by atoms with Crippen LogP contribution in [0.5, 0.6) is 0 Å². The molecule has 2 heterocycles. The Morgan fingerprint density at radius 2 is 2.00 bits per heavy atom. The number of rotatable bonds is 1. The average molecular weight is 227 g/mol. The van der Waals surface area contributed by atoms with Gasteiger partial charge in [0.1, 0.15) is 6.33 Å². The van der Waals surface area contributed by atoms with Crippen molar-refractivity contribution in [1.82, 2.24) is 25.0 Å². The summed E-state index contributed by atoms with van der Waals surface area (Å²) in [5, 5.41) is 9.69. The highest BCUT2D eigenvalue weighted by Gasteiger charge is 2.08. The average Bonchev–Trinajstić information content (AvgIpc) is 2.75. The molecule has 0 fully saturated rings. The van der Waals surface area contributed by atoms with Crippen LogP contribution in [0.2, 0.25) is 0 Å². The van der Waals surface area contributed by atoms with E-state index in [-0.39, 0.29) is 5.56 Å². The highest BCUT2D eigenvalue weighted by atomic mass is 16.1. The van der Waals surface area contributed by atoms with Crippen LogP contribution in [0.1, 0.15) is 5.56 Å². The minimum atomic E-state index is -0.333. The van der Waals surface area contributed by atoms with Crippen LogP contribution >= 0.6 is 0 Å². The maximum atomic E-state index is 11.4. The molecule has 0 aliphatic rings. The molecule has 0 amide bonds. The van der Waals surface area contributed by atoms with E-state index in [4.69, 9.17) is 0 Å². The second kappa shape index (κ2) is 3.51. The predicted molar refractivity (Wildman–Crippen MR) is 62.0 cm³/mol. The number of benzene rings is 1. The van der Waals surface area contributed by atoms with E-state index in [2.05, 4.69) is 20.4 Å². The van der Waals surface area contributed by atoms with Crippen LogP contribution < -0.4 is 5.56 Å². The number of hydrogen-bond donors (Lipinski definition) is 1. The molecule has 0 aliphatic carbocycles. The summed E-state index contributed by atoms with van der Waals surface area (Å²) in [7, 11) is 0. The molecule has 1 aromatic carbocycles. The molecule has 0 unspecified atom stereocenters. The van der Waals surface area contributed by atoms with Crippen LogP contribution in [0, 0.1) is 6.92 Å². The van der Waals surface area contributed by atoms with Crippen LogP contribution in [0.4, 0.5) is 0 Å². The summed E-state index contributed by atoms with van der Waals surface area (Å²) in [5.41, 5.74) is 2.49. The fourth-order valence-corrected chi connectivity index (χ4v) is 1.66. The van der Waals surface area contributed by atoms with Gasteiger partial charge in [-0.15, -0.1) is 5.10 Å². The van der Waals surface area contributed by atoms with E-state index in [0.717, 1.165) is 5.69 Å². The Morgan fingerprint density at radius 3 is 2.76 bits per heavy atom. The highest BCUT2D eigenvalue weighted by Crippen LogP contribution is 2.13. The van der Waals surface area contributed by atoms with Gasteiger partial charge in [0.2, 0.25) is 0 Å². The van der Waals surface area contributed by atoms with E-state index in [1.807, 2.05) is 31.2 Å². The topological polar surface area (TPSA) is 76.5 Å². The van der Waals surface area contributed by atoms with Gasteiger partial charge in [-0.1, -0.05) is 22.9 Å². The Morgan fingerprint density at radius 1 is 1.24 bits per heavy atom. The molecule has 17 heavy (non-hydrogen) atoms. The van der Waals surface area contributed by atoms with Crippen molar-refractivity contribution < 1.29 is 0 Å². The molecule has 2 aromatic heterocycles. The Hall–Kier alpha value is -2.50. The van der Waals surface area contributed by atoms with Crippen molar-refractivity contribution in [3.63, 3.8) is 0 Å². The standard InChI is InChI=1S/C11H9N5O/c1-7-2-4-8(5-3-7)16-6-12-9-10(16)13-15-14-11(9)17/h2-6H,1H3,(H,13,14,17). The zero-order valence-electron chi connectivity index (χ0n) is 9.08. The summed E-state index contributed by atoms with van der Waals surface area (Å²) in [5.74, 6) is 0. The zero-order chi connectivity index (χ0) is 11.8. The first-order valence-electron chi connectivity index (χ1n) is 5.11. The molecule has 0 bridgehead atoms. The van der Waals surface area contributed by atoms with E-state index >= 15 is 0 Å². The summed E-state index contributed by atoms with van der Waals surface area (Å²) < 4.78 is 1.73. The third-order valence-electron chi connectivity index (χ3n) is 2.57. The minimum absolute atomic E-state index is 0.292. The van der Waals surface area contributed by atoms with Crippen molar-refractivity contribution in [3.8, 4) is 5.69 Å². The monoisotopic (exact) mass is 227 g/mol. The van der Waals surface area contributed by atoms with Crippen LogP contribution in [-0.2, 0) is 0 Å². The van der Waals surface area contributed by atoms with Gasteiger partial charge >= 0.3 is 0 Å². The van der Waals surface area contributed by atoms with Crippen molar-refractivity contribution in [1.29, 1.82) is 0 Å². The highest BCUT2D eigenvalue weighted by molar-refractivity contribution is 5.70. The molecule has 0 saturated carbocycles. The first-order chi connectivity index (χ1) is 8.25. The van der Waals surface area contributed by atoms with Gasteiger partial charge in [0.05, 0.1) is 0 Å². The molecule has 3 rings (SSSR count). The third kappa shape index (κ3) is 1.50. The molecule has 0 atom stereocenters. The van der Waals surface area contributed by atoms with Crippen LogP contribution in [0.15, 0.2) is 35.4 Å². The lowest BCUT2D eigenvalue weighted by atomic mass is 10.2. The fraction of sp³-hybridized carbons (Fsp3) is 0.0909. The lowest BCUT2D eigenvalue weighted by molar-refractivity contribution is 0.856. The Kier molecular flexibility index (Phi) is 2.01. The van der Waals surface area contributed by atoms with Gasteiger partial charge < -0.3 is 0 Å². The molecule has 6 nitrogen and oxygen atoms in total. The summed E-state index contributed by atoms with van der Waals surface area (Å²) in [6.45, 7) is 2.01. The first kappa shape index (κ1) is 9.71. The summed E-state index contributed by atoms with van der Waals surface area (Å²) in [6, 6.07) is 7.86. The van der Waals surface area contributed by atoms with E-state index in [9.17, 15) is 4.79 Å². The van der Waals surface area contributed by atoms with E-state index in [1.165, 1.54) is 5.56 Å². The molecule has 84 valence electrons. The third-order valence-corrected chi connectivity index (χ3v) is 2.57. The van der Waals surface area contributed by atoms with Gasteiger partial charge in [-0.05, 0) is 19.1 Å². The Labute approximate surface area is 95.9 Å². The van der Waals surface area contributed by atoms with Crippen molar-refractivity contribution in [2.45, 2.75) is 6.92 Å². The van der Waals surface area contributed by atoms with E-state index in [1.54, 1.807) is 10.9 Å². The number of H-pyrrole nitrogens is 1. The number of aryl methyl sites for hydroxylation is 1. The molecule has 0 radical (unpaired) electrons. The first-order valence-corrected chi connectivity index (χ1v) is 5.11. The number of aromatic nitrogens is 5. The van der Waals surface area contributed by atoms with E-state index < -0.39 is 0 Å². The summed E-state index contributed by atoms with van der Waals surface area (Å²) >= 11 is 0. The van der Waals surface area contributed by atoms with Crippen molar-refractivity contribution in [3.05, 3.63) is 46.5 Å². The molecular weight excluding hydrogens is 218 g/mol. The van der Waals surface area contributed by atoms with Crippen molar-refractivity contribution in [2.24, 2.45) is 0 Å². The molecular formula is C11H9N5O. The maximum Gasteiger partial charge on any atom is 0.295 e. The zero-order valence-corrected chi connectivity index (χ0v) is 9.08. The van der Waals surface area contributed by atoms with Gasteiger partial charge in [-0.3, -0.25) is 9.36 Å². The normalized spacial score (nSPS) is 10.9. The number of aromatic amines is 1. The number of fused-ring (bicyclic) bond motifs is 1. The lowest BCUT2D eigenvalue weighted by Gasteiger charge is -2.02. The molecule has 3 aromatic rings. The Bertz CT molecular complexity index is 725. The van der Waals surface area contributed by atoms with Gasteiger partial charge in [-0.2, -0.15) is 0 Å². The summed E-state index contributed by atoms with van der Waals surface area (Å²) in [6.07, 6.45) is 1.57. The number of nitrogens with zero attached hydrogens (tertiary/aromatic N) is 4. The largest absolute Gasteiger partial charge is 0.295 e. The summed E-state index contributed by atoms with van der Waals surface area (Å²) in [4.78, 5) is 15.5. The van der Waals surface area contributed by atoms with Gasteiger partial charge in [0.25, 0.3) is 5.56 Å². The Balaban J connectivity index is 2.28. The molecule has 0 spiro atoms. The molecule has 6 heteroatoms. The second-order valence-electron chi connectivity index (χ2n) is 3.76. The molecule has 0 saturated heterocycles. The SMILES string of the molecule is Cc1ccc(-n2cnc3c(=O)[nH]nnc32)cc1. The minimum Gasteiger partial charge on any atom is -0.282 e. The smallest absolute Gasteiger partial charge is 0.282 e. The number of nitrogens with one attached hydrogen (secondary N) is 1. The van der Waals surface area contributed by atoms with Crippen molar-refractivity contribution >= 4 is 11.2 Å². The number of imidazole rings is 1. The van der Waals surface area contributed by atoms with Gasteiger partial charge in [0.15, 0.2) is 11.2 Å². The van der Waals surface area contributed by atoms with Gasteiger partial charge in [0, 0.05) is 5.69 Å². The fourth-order valence-electron chi connectivity index (χ4n) is 1.66. The number of hydrogen-bond acceptors (Lipinski definition) is 4.